The van der Waals surface area contributed by atoms with Crippen LogP contribution in [0.2, 0.25) is 0 Å². The molecule has 5 heteroatoms. The van der Waals surface area contributed by atoms with Gasteiger partial charge in [-0.1, -0.05) is 24.3 Å². The smallest absolute Gasteiger partial charge is 0.317 e. The maximum atomic E-state index is 12.7. The van der Waals surface area contributed by atoms with E-state index in [9.17, 15) is 9.59 Å². The lowest BCUT2D eigenvalue weighted by Crippen LogP contribution is -2.50. The number of carbonyl (C=O) groups is 2. The molecule has 0 aromatic heterocycles. The number of rotatable bonds is 2. The molecule has 2 fully saturated rings. The maximum Gasteiger partial charge on any atom is 0.317 e. The summed E-state index contributed by atoms with van der Waals surface area (Å²) in [7, 11) is 0. The molecule has 5 nitrogen and oxygen atoms in total. The number of benzene rings is 1. The number of aliphatic carboxylic acids is 1. The molecule has 0 unspecified atom stereocenters. The van der Waals surface area contributed by atoms with Crippen LogP contribution in [0, 0.1) is 5.92 Å². The molecule has 3 aliphatic rings. The second-order valence-electron chi connectivity index (χ2n) is 7.63. The highest BCUT2D eigenvalue weighted by Gasteiger charge is 2.49. The zero-order valence-corrected chi connectivity index (χ0v) is 13.8. The molecular weight excluding hydrogens is 304 g/mol. The van der Waals surface area contributed by atoms with Crippen LogP contribution in [0.4, 0.5) is 4.79 Å². The van der Waals surface area contributed by atoms with Crippen LogP contribution in [0.1, 0.15) is 49.7 Å². The van der Waals surface area contributed by atoms with Crippen LogP contribution in [0.25, 0.3) is 0 Å². The molecule has 0 bridgehead atoms. The third-order valence-electron chi connectivity index (χ3n) is 5.99. The Morgan fingerprint density at radius 3 is 2.50 bits per heavy atom. The number of carbonyl (C=O) groups excluding carboxylic acids is 1. The number of nitrogens with zero attached hydrogens (tertiary/aromatic N) is 1. The number of hydrogen-bond donors (Lipinski definition) is 2. The molecule has 2 amide bonds. The predicted octanol–water partition coefficient (Wildman–Crippen LogP) is 2.89. The number of fused-ring (bicyclic) bond motifs is 2. The third kappa shape index (κ3) is 2.76. The zero-order valence-electron chi connectivity index (χ0n) is 13.8. The second kappa shape index (κ2) is 5.80. The lowest BCUT2D eigenvalue weighted by Gasteiger charge is -2.36. The van der Waals surface area contributed by atoms with Gasteiger partial charge in [0.15, 0.2) is 0 Å². The first-order valence-corrected chi connectivity index (χ1v) is 8.94. The van der Waals surface area contributed by atoms with E-state index in [4.69, 9.17) is 5.11 Å². The Morgan fingerprint density at radius 2 is 1.83 bits per heavy atom. The highest BCUT2D eigenvalue weighted by atomic mass is 16.4. The fourth-order valence-corrected chi connectivity index (χ4v) is 4.36. The molecule has 0 atom stereocenters. The Kier molecular flexibility index (Phi) is 3.74. The van der Waals surface area contributed by atoms with E-state index in [2.05, 4.69) is 23.5 Å². The van der Waals surface area contributed by atoms with E-state index in [1.165, 1.54) is 11.1 Å². The van der Waals surface area contributed by atoms with E-state index < -0.39 is 5.97 Å². The van der Waals surface area contributed by atoms with Crippen molar-refractivity contribution in [2.24, 2.45) is 5.92 Å². The van der Waals surface area contributed by atoms with E-state index in [1.54, 1.807) is 0 Å². The molecule has 1 heterocycles. The standard InChI is InChI=1S/C19H24N2O3/c22-17(23)13-5-7-15(8-6-13)20-18(24)21-11-14-3-1-2-4-16(14)19(12-21)9-10-19/h1-4,13,15H,5-12H2,(H,20,24)(H,22,23). The van der Waals surface area contributed by atoms with Gasteiger partial charge >= 0.3 is 12.0 Å². The van der Waals surface area contributed by atoms with E-state index in [1.807, 2.05) is 11.0 Å². The van der Waals surface area contributed by atoms with E-state index in [-0.39, 0.29) is 23.4 Å². The first kappa shape index (κ1) is 15.5. The molecule has 1 aliphatic heterocycles. The van der Waals surface area contributed by atoms with Gasteiger partial charge in [-0.05, 0) is 49.7 Å². The van der Waals surface area contributed by atoms with Gasteiger partial charge in [-0.2, -0.15) is 0 Å². The molecule has 2 N–H and O–H groups in total. The molecule has 0 radical (unpaired) electrons. The van der Waals surface area contributed by atoms with Gasteiger partial charge < -0.3 is 15.3 Å². The molecular formula is C19H24N2O3. The molecule has 2 saturated carbocycles. The van der Waals surface area contributed by atoms with E-state index in [0.29, 0.717) is 19.4 Å². The van der Waals surface area contributed by atoms with Crippen molar-refractivity contribution in [3.05, 3.63) is 35.4 Å². The van der Waals surface area contributed by atoms with Crippen molar-refractivity contribution in [1.29, 1.82) is 0 Å². The highest BCUT2D eigenvalue weighted by Crippen LogP contribution is 2.52. The molecule has 2 aliphatic carbocycles. The summed E-state index contributed by atoms with van der Waals surface area (Å²) in [4.78, 5) is 25.7. The van der Waals surface area contributed by atoms with Crippen LogP contribution < -0.4 is 5.32 Å². The SMILES string of the molecule is O=C(O)C1CCC(NC(=O)N2Cc3ccccc3C3(CC3)C2)CC1. The Bertz CT molecular complexity index is 660. The maximum absolute atomic E-state index is 12.7. The number of amides is 2. The minimum Gasteiger partial charge on any atom is -0.481 e. The van der Waals surface area contributed by atoms with Crippen LogP contribution in [0.5, 0.6) is 0 Å². The minimum absolute atomic E-state index is 0.00885. The average molecular weight is 328 g/mol. The Balaban J connectivity index is 1.39. The molecule has 24 heavy (non-hydrogen) atoms. The van der Waals surface area contributed by atoms with Gasteiger partial charge in [-0.15, -0.1) is 0 Å². The summed E-state index contributed by atoms with van der Waals surface area (Å²) in [6.45, 7) is 1.48. The van der Waals surface area contributed by atoms with Gasteiger partial charge in [0.25, 0.3) is 0 Å². The van der Waals surface area contributed by atoms with Gasteiger partial charge in [0, 0.05) is 24.5 Å². The largest absolute Gasteiger partial charge is 0.481 e. The zero-order chi connectivity index (χ0) is 16.7. The van der Waals surface area contributed by atoms with Crippen molar-refractivity contribution < 1.29 is 14.7 Å². The van der Waals surface area contributed by atoms with Crippen LogP contribution in [0.3, 0.4) is 0 Å². The average Bonchev–Trinajstić information content (AvgIpc) is 3.35. The number of hydrogen-bond acceptors (Lipinski definition) is 2. The summed E-state index contributed by atoms with van der Waals surface area (Å²) in [5.74, 6) is -0.946. The normalized spacial score (nSPS) is 27.4. The van der Waals surface area contributed by atoms with Gasteiger partial charge in [-0.25, -0.2) is 4.79 Å². The predicted molar refractivity (Wildman–Crippen MR) is 89.7 cm³/mol. The van der Waals surface area contributed by atoms with Crippen LogP contribution >= 0.6 is 0 Å². The van der Waals surface area contributed by atoms with Crippen molar-refractivity contribution in [3.8, 4) is 0 Å². The Morgan fingerprint density at radius 1 is 1.12 bits per heavy atom. The monoisotopic (exact) mass is 328 g/mol. The number of nitrogens with one attached hydrogen (secondary N) is 1. The molecule has 4 rings (SSSR count). The first-order valence-electron chi connectivity index (χ1n) is 8.94. The summed E-state index contributed by atoms with van der Waals surface area (Å²) >= 11 is 0. The van der Waals surface area contributed by atoms with E-state index >= 15 is 0 Å². The van der Waals surface area contributed by atoms with Crippen LogP contribution in [0.15, 0.2) is 24.3 Å². The number of urea groups is 1. The molecule has 1 aromatic rings. The topological polar surface area (TPSA) is 69.6 Å². The molecule has 1 spiro atoms. The Labute approximate surface area is 142 Å². The van der Waals surface area contributed by atoms with Gasteiger partial charge in [0.2, 0.25) is 0 Å². The van der Waals surface area contributed by atoms with Crippen molar-refractivity contribution in [1.82, 2.24) is 10.2 Å². The van der Waals surface area contributed by atoms with Crippen molar-refractivity contribution in [2.45, 2.75) is 56.5 Å². The van der Waals surface area contributed by atoms with Crippen molar-refractivity contribution in [3.63, 3.8) is 0 Å². The van der Waals surface area contributed by atoms with Gasteiger partial charge in [-0.3, -0.25) is 4.79 Å². The second-order valence-corrected chi connectivity index (χ2v) is 7.63. The lowest BCUT2D eigenvalue weighted by molar-refractivity contribution is -0.142. The number of carboxylic acids is 1. The first-order chi connectivity index (χ1) is 11.6. The molecule has 1 aromatic carbocycles. The number of carboxylic acid groups (broad SMARTS) is 1. The van der Waals surface area contributed by atoms with Crippen LogP contribution in [-0.4, -0.2) is 34.6 Å². The highest BCUT2D eigenvalue weighted by molar-refractivity contribution is 5.75. The Hall–Kier alpha value is -2.04. The summed E-state index contributed by atoms with van der Waals surface area (Å²) in [5, 5.41) is 12.2. The third-order valence-corrected chi connectivity index (χ3v) is 5.99. The summed E-state index contributed by atoms with van der Waals surface area (Å²) in [6, 6.07) is 8.60. The summed E-state index contributed by atoms with van der Waals surface area (Å²) in [6.07, 6.45) is 5.17. The summed E-state index contributed by atoms with van der Waals surface area (Å²) < 4.78 is 0. The minimum atomic E-state index is -0.705. The quantitative estimate of drug-likeness (QED) is 0.877. The van der Waals surface area contributed by atoms with Crippen LogP contribution in [-0.2, 0) is 16.8 Å². The summed E-state index contributed by atoms with van der Waals surface area (Å²) in [5.41, 5.74) is 2.88. The molecule has 128 valence electrons. The van der Waals surface area contributed by atoms with Gasteiger partial charge in [0.1, 0.15) is 0 Å². The molecule has 0 saturated heterocycles. The fourth-order valence-electron chi connectivity index (χ4n) is 4.36. The lowest BCUT2D eigenvalue weighted by atomic mass is 9.86. The van der Waals surface area contributed by atoms with Gasteiger partial charge in [0.05, 0.1) is 5.92 Å². The van der Waals surface area contributed by atoms with E-state index in [0.717, 1.165) is 32.2 Å². The fraction of sp³-hybridized carbons (Fsp3) is 0.579. The van der Waals surface area contributed by atoms with Crippen molar-refractivity contribution >= 4 is 12.0 Å². The van der Waals surface area contributed by atoms with Crippen molar-refractivity contribution in [2.75, 3.05) is 6.54 Å².